The van der Waals surface area contributed by atoms with Gasteiger partial charge in [0.25, 0.3) is 0 Å². The van der Waals surface area contributed by atoms with Gasteiger partial charge in [0.1, 0.15) is 5.82 Å². The molecule has 0 amide bonds. The molecule has 0 aliphatic carbocycles. The van der Waals surface area contributed by atoms with Gasteiger partial charge in [0.05, 0.1) is 10.4 Å². The van der Waals surface area contributed by atoms with Crippen LogP contribution in [0.2, 0.25) is 0 Å². The van der Waals surface area contributed by atoms with Crippen molar-refractivity contribution >= 4 is 9.84 Å². The van der Waals surface area contributed by atoms with E-state index in [-0.39, 0.29) is 11.7 Å². The molecule has 1 aromatic carbocycles. The molecule has 0 aliphatic heterocycles. The summed E-state index contributed by atoms with van der Waals surface area (Å²) >= 11 is 0. The van der Waals surface area contributed by atoms with Crippen LogP contribution >= 0.6 is 0 Å². The summed E-state index contributed by atoms with van der Waals surface area (Å²) in [5.41, 5.74) is 2.44. The molecule has 142 valence electrons. The van der Waals surface area contributed by atoms with E-state index >= 15 is 0 Å². The predicted octanol–water partition coefficient (Wildman–Crippen LogP) is 4.95. The highest BCUT2D eigenvalue weighted by molar-refractivity contribution is 7.91. The zero-order chi connectivity index (χ0) is 19.9. The normalized spacial score (nSPS) is 13.3. The number of rotatable bonds is 5. The molecular weight excluding hydrogens is 349 g/mol. The lowest BCUT2D eigenvalue weighted by Crippen LogP contribution is -2.29. The molecule has 0 saturated carbocycles. The molecule has 0 aliphatic rings. The van der Waals surface area contributed by atoms with Crippen molar-refractivity contribution in [2.75, 3.05) is 6.26 Å². The van der Waals surface area contributed by atoms with Crippen LogP contribution in [-0.4, -0.2) is 19.7 Å². The van der Waals surface area contributed by atoms with E-state index in [0.717, 1.165) is 11.3 Å². The molecule has 5 heteroatoms. The third-order valence-corrected chi connectivity index (χ3v) is 7.46. The molecule has 2 rings (SSSR count). The second-order valence-corrected chi connectivity index (χ2v) is 10.8. The van der Waals surface area contributed by atoms with E-state index in [1.165, 1.54) is 6.26 Å². The summed E-state index contributed by atoms with van der Waals surface area (Å²) in [6, 6.07) is 8.97. The topological polar surface area (TPSA) is 47.0 Å². The van der Waals surface area contributed by atoms with Gasteiger partial charge < -0.3 is 0 Å². The fourth-order valence-corrected chi connectivity index (χ4v) is 3.41. The Balaban J connectivity index is 2.43. The van der Waals surface area contributed by atoms with E-state index in [9.17, 15) is 12.8 Å². The maximum atomic E-state index is 14.4. The Morgan fingerprint density at radius 2 is 1.58 bits per heavy atom. The number of hydrogen-bond acceptors (Lipinski definition) is 3. The van der Waals surface area contributed by atoms with E-state index in [1.807, 2.05) is 45.9 Å². The van der Waals surface area contributed by atoms with Gasteiger partial charge in [0.15, 0.2) is 9.84 Å². The van der Waals surface area contributed by atoms with E-state index in [1.54, 1.807) is 32.2 Å². The van der Waals surface area contributed by atoms with E-state index in [4.69, 9.17) is 0 Å². The summed E-state index contributed by atoms with van der Waals surface area (Å²) in [5, 5.41) is 0. The monoisotopic (exact) mass is 377 g/mol. The Kier molecular flexibility index (Phi) is 5.35. The standard InChI is InChI=1S/C21H28FNO2S/c1-14(2)17-10-8-15(12-18(17)22)20(3,4)19-11-9-16(13-23-19)21(5,6)26(7,24)25/h8-14H,1-7H3. The van der Waals surface area contributed by atoms with Crippen molar-refractivity contribution in [3.8, 4) is 0 Å². The molecule has 0 unspecified atom stereocenters. The Morgan fingerprint density at radius 3 is 2.00 bits per heavy atom. The molecule has 0 atom stereocenters. The molecule has 0 saturated heterocycles. The first-order valence-corrected chi connectivity index (χ1v) is 10.6. The number of benzene rings is 1. The van der Waals surface area contributed by atoms with Crippen LogP contribution in [-0.2, 0) is 20.0 Å². The van der Waals surface area contributed by atoms with Crippen molar-refractivity contribution in [2.24, 2.45) is 0 Å². The van der Waals surface area contributed by atoms with Crippen LogP contribution in [0.15, 0.2) is 36.5 Å². The molecule has 1 heterocycles. The number of pyridine rings is 1. The minimum atomic E-state index is -3.26. The summed E-state index contributed by atoms with van der Waals surface area (Å²) in [4.78, 5) is 4.51. The predicted molar refractivity (Wildman–Crippen MR) is 105 cm³/mol. The third kappa shape index (κ3) is 3.68. The Bertz CT molecular complexity index is 898. The number of halogens is 1. The van der Waals surface area contributed by atoms with Gasteiger partial charge in [-0.1, -0.05) is 45.9 Å². The number of hydrogen-bond donors (Lipinski definition) is 0. The van der Waals surface area contributed by atoms with Gasteiger partial charge in [-0.05, 0) is 48.6 Å². The fraction of sp³-hybridized carbons (Fsp3) is 0.476. The molecule has 26 heavy (non-hydrogen) atoms. The average Bonchev–Trinajstić information content (AvgIpc) is 2.53. The maximum absolute atomic E-state index is 14.4. The summed E-state index contributed by atoms with van der Waals surface area (Å²) in [7, 11) is -3.26. The lowest BCUT2D eigenvalue weighted by molar-refractivity contribution is 0.558. The van der Waals surface area contributed by atoms with Gasteiger partial charge in [-0.3, -0.25) is 4.98 Å². The van der Waals surface area contributed by atoms with Crippen molar-refractivity contribution in [2.45, 2.75) is 57.6 Å². The van der Waals surface area contributed by atoms with E-state index < -0.39 is 20.0 Å². The highest BCUT2D eigenvalue weighted by atomic mass is 32.2. The van der Waals surface area contributed by atoms with Crippen molar-refractivity contribution in [3.63, 3.8) is 0 Å². The van der Waals surface area contributed by atoms with Gasteiger partial charge in [0, 0.05) is 17.9 Å². The lowest BCUT2D eigenvalue weighted by atomic mass is 9.80. The quantitative estimate of drug-likeness (QED) is 0.741. The molecule has 0 radical (unpaired) electrons. The fourth-order valence-electron chi connectivity index (χ4n) is 2.87. The Morgan fingerprint density at radius 1 is 1.00 bits per heavy atom. The number of aromatic nitrogens is 1. The van der Waals surface area contributed by atoms with Crippen LogP contribution in [0.3, 0.4) is 0 Å². The van der Waals surface area contributed by atoms with Crippen molar-refractivity contribution < 1.29 is 12.8 Å². The largest absolute Gasteiger partial charge is 0.260 e. The van der Waals surface area contributed by atoms with Crippen LogP contribution in [0.25, 0.3) is 0 Å². The van der Waals surface area contributed by atoms with Crippen molar-refractivity contribution in [3.05, 3.63) is 64.7 Å². The Labute approximate surface area is 156 Å². The van der Waals surface area contributed by atoms with Crippen LogP contribution in [0.5, 0.6) is 0 Å². The Hall–Kier alpha value is -1.75. The summed E-state index contributed by atoms with van der Waals surface area (Å²) in [6.07, 6.45) is 2.83. The molecule has 1 aromatic heterocycles. The van der Waals surface area contributed by atoms with Crippen LogP contribution < -0.4 is 0 Å². The van der Waals surface area contributed by atoms with E-state index in [2.05, 4.69) is 4.98 Å². The van der Waals surface area contributed by atoms with Crippen LogP contribution in [0.4, 0.5) is 4.39 Å². The van der Waals surface area contributed by atoms with Crippen molar-refractivity contribution in [1.29, 1.82) is 0 Å². The van der Waals surface area contributed by atoms with Gasteiger partial charge in [0.2, 0.25) is 0 Å². The number of nitrogens with zero attached hydrogens (tertiary/aromatic N) is 1. The van der Waals surface area contributed by atoms with Crippen molar-refractivity contribution in [1.82, 2.24) is 4.98 Å². The molecule has 0 spiro atoms. The number of sulfone groups is 1. The highest BCUT2D eigenvalue weighted by Crippen LogP contribution is 2.34. The van der Waals surface area contributed by atoms with Gasteiger partial charge in [-0.25, -0.2) is 12.8 Å². The minimum Gasteiger partial charge on any atom is -0.260 e. The maximum Gasteiger partial charge on any atom is 0.156 e. The zero-order valence-corrected chi connectivity index (χ0v) is 17.4. The molecule has 2 aromatic rings. The van der Waals surface area contributed by atoms with Crippen LogP contribution in [0.1, 0.15) is 69.8 Å². The SMILES string of the molecule is CC(C)c1ccc(C(C)(C)c2ccc(C(C)(C)S(C)(=O)=O)cn2)cc1F. The average molecular weight is 378 g/mol. The van der Waals surface area contributed by atoms with Gasteiger partial charge >= 0.3 is 0 Å². The minimum absolute atomic E-state index is 0.128. The highest BCUT2D eigenvalue weighted by Gasteiger charge is 2.33. The summed E-state index contributed by atoms with van der Waals surface area (Å²) < 4.78 is 37.4. The van der Waals surface area contributed by atoms with E-state index in [0.29, 0.717) is 11.1 Å². The first-order valence-electron chi connectivity index (χ1n) is 8.75. The summed E-state index contributed by atoms with van der Waals surface area (Å²) in [5.74, 6) is -0.0804. The molecular formula is C21H28FNO2S. The third-order valence-electron chi connectivity index (χ3n) is 5.37. The molecule has 0 fully saturated rings. The zero-order valence-electron chi connectivity index (χ0n) is 16.6. The second-order valence-electron chi connectivity index (χ2n) is 8.23. The molecule has 3 nitrogen and oxygen atoms in total. The first-order chi connectivity index (χ1) is 11.8. The summed E-state index contributed by atoms with van der Waals surface area (Å²) in [6.45, 7) is 11.2. The lowest BCUT2D eigenvalue weighted by Gasteiger charge is -2.27. The smallest absolute Gasteiger partial charge is 0.156 e. The van der Waals surface area contributed by atoms with Gasteiger partial charge in [-0.15, -0.1) is 0 Å². The molecule has 0 bridgehead atoms. The molecule has 0 N–H and O–H groups in total. The first kappa shape index (κ1) is 20.6. The van der Waals surface area contributed by atoms with Crippen LogP contribution in [0, 0.1) is 5.82 Å². The second kappa shape index (κ2) is 6.76. The van der Waals surface area contributed by atoms with Gasteiger partial charge in [-0.2, -0.15) is 0 Å².